The highest BCUT2D eigenvalue weighted by atomic mass is 19.1. The molecule has 0 aromatic heterocycles. The van der Waals surface area contributed by atoms with E-state index in [1.165, 1.54) is 12.1 Å². The van der Waals surface area contributed by atoms with Crippen molar-refractivity contribution in [1.82, 2.24) is 5.32 Å². The summed E-state index contributed by atoms with van der Waals surface area (Å²) in [4.78, 5) is 0. The van der Waals surface area contributed by atoms with E-state index in [1.807, 2.05) is 13.0 Å². The van der Waals surface area contributed by atoms with Gasteiger partial charge in [-0.3, -0.25) is 0 Å². The molecular weight excluding hydrogens is 205 g/mol. The first-order valence-electron chi connectivity index (χ1n) is 5.94. The predicted molar refractivity (Wildman–Crippen MR) is 62.4 cm³/mol. The molecule has 1 N–H and O–H groups in total. The van der Waals surface area contributed by atoms with E-state index in [9.17, 15) is 4.39 Å². The molecule has 1 fully saturated rings. The number of nitrogens with one attached hydrogen (secondary N) is 1. The SMILES string of the molecule is CCOc1cc(F)ccc1C1CCNCC1. The molecule has 0 spiro atoms. The topological polar surface area (TPSA) is 21.3 Å². The van der Waals surface area contributed by atoms with Crippen molar-refractivity contribution in [1.29, 1.82) is 0 Å². The Morgan fingerprint density at radius 2 is 2.12 bits per heavy atom. The molecule has 1 aromatic carbocycles. The van der Waals surface area contributed by atoms with E-state index in [-0.39, 0.29) is 5.82 Å². The van der Waals surface area contributed by atoms with Crippen LogP contribution in [-0.4, -0.2) is 19.7 Å². The summed E-state index contributed by atoms with van der Waals surface area (Å²) in [6.07, 6.45) is 2.21. The minimum atomic E-state index is -0.221. The average Bonchev–Trinajstić information content (AvgIpc) is 2.31. The van der Waals surface area contributed by atoms with Crippen molar-refractivity contribution < 1.29 is 9.13 Å². The lowest BCUT2D eigenvalue weighted by Crippen LogP contribution is -2.26. The normalized spacial score (nSPS) is 17.4. The van der Waals surface area contributed by atoms with Gasteiger partial charge in [0.15, 0.2) is 0 Å². The molecule has 1 aliphatic rings. The quantitative estimate of drug-likeness (QED) is 0.850. The molecule has 1 saturated heterocycles. The van der Waals surface area contributed by atoms with Crippen LogP contribution < -0.4 is 10.1 Å². The summed E-state index contributed by atoms with van der Waals surface area (Å²) in [6, 6.07) is 4.90. The number of ether oxygens (including phenoxy) is 1. The van der Waals surface area contributed by atoms with Crippen LogP contribution in [0.1, 0.15) is 31.2 Å². The van der Waals surface area contributed by atoms with E-state index in [4.69, 9.17) is 4.74 Å². The fourth-order valence-corrected chi connectivity index (χ4v) is 2.26. The third-order valence-corrected chi connectivity index (χ3v) is 3.05. The van der Waals surface area contributed by atoms with E-state index in [0.29, 0.717) is 12.5 Å². The minimum absolute atomic E-state index is 0.221. The van der Waals surface area contributed by atoms with Gasteiger partial charge in [-0.25, -0.2) is 4.39 Å². The van der Waals surface area contributed by atoms with Crippen molar-refractivity contribution in [2.75, 3.05) is 19.7 Å². The van der Waals surface area contributed by atoms with Gasteiger partial charge in [-0.1, -0.05) is 6.07 Å². The van der Waals surface area contributed by atoms with Gasteiger partial charge in [-0.15, -0.1) is 0 Å². The standard InChI is InChI=1S/C13H18FNO/c1-2-16-13-9-11(14)3-4-12(13)10-5-7-15-8-6-10/h3-4,9-10,15H,2,5-8H2,1H3. The van der Waals surface area contributed by atoms with Crippen LogP contribution in [0.5, 0.6) is 5.75 Å². The van der Waals surface area contributed by atoms with E-state index >= 15 is 0 Å². The van der Waals surface area contributed by atoms with Crippen LogP contribution in [0.25, 0.3) is 0 Å². The van der Waals surface area contributed by atoms with Gasteiger partial charge in [-0.05, 0) is 50.4 Å². The highest BCUT2D eigenvalue weighted by molar-refractivity contribution is 5.37. The molecule has 0 bridgehead atoms. The fraction of sp³-hybridized carbons (Fsp3) is 0.538. The molecular formula is C13H18FNO. The van der Waals surface area contributed by atoms with Crippen molar-refractivity contribution >= 4 is 0 Å². The molecule has 2 nitrogen and oxygen atoms in total. The zero-order chi connectivity index (χ0) is 11.4. The molecule has 0 radical (unpaired) electrons. The summed E-state index contributed by atoms with van der Waals surface area (Å²) in [6.45, 7) is 4.58. The molecule has 0 aliphatic carbocycles. The van der Waals surface area contributed by atoms with Crippen LogP contribution in [0.15, 0.2) is 18.2 Å². The Balaban J connectivity index is 2.23. The molecule has 0 saturated carbocycles. The molecule has 1 aromatic rings. The van der Waals surface area contributed by atoms with Crippen LogP contribution in [0, 0.1) is 5.82 Å². The lowest BCUT2D eigenvalue weighted by atomic mass is 9.89. The molecule has 88 valence electrons. The molecule has 0 amide bonds. The Kier molecular flexibility index (Phi) is 3.78. The summed E-state index contributed by atoms with van der Waals surface area (Å²) in [5, 5.41) is 3.33. The van der Waals surface area contributed by atoms with Gasteiger partial charge in [0.2, 0.25) is 0 Å². The number of halogens is 1. The van der Waals surface area contributed by atoms with Crippen LogP contribution in [0.4, 0.5) is 4.39 Å². The molecule has 16 heavy (non-hydrogen) atoms. The maximum atomic E-state index is 13.1. The van der Waals surface area contributed by atoms with Gasteiger partial charge in [0, 0.05) is 6.07 Å². The van der Waals surface area contributed by atoms with Crippen molar-refractivity contribution in [2.24, 2.45) is 0 Å². The average molecular weight is 223 g/mol. The molecule has 1 aliphatic heterocycles. The second-order valence-electron chi connectivity index (χ2n) is 4.14. The van der Waals surface area contributed by atoms with Gasteiger partial charge in [0.05, 0.1) is 6.61 Å². The van der Waals surface area contributed by atoms with Gasteiger partial charge in [0.25, 0.3) is 0 Å². The Labute approximate surface area is 95.8 Å². The number of piperidine rings is 1. The van der Waals surface area contributed by atoms with Crippen LogP contribution >= 0.6 is 0 Å². The maximum absolute atomic E-state index is 13.1. The Morgan fingerprint density at radius 3 is 2.81 bits per heavy atom. The minimum Gasteiger partial charge on any atom is -0.493 e. The van der Waals surface area contributed by atoms with Gasteiger partial charge in [-0.2, -0.15) is 0 Å². The summed E-state index contributed by atoms with van der Waals surface area (Å²) < 4.78 is 18.7. The molecule has 3 heteroatoms. The molecule has 0 atom stereocenters. The van der Waals surface area contributed by atoms with Gasteiger partial charge >= 0.3 is 0 Å². The lowest BCUT2D eigenvalue weighted by molar-refractivity contribution is 0.327. The van der Waals surface area contributed by atoms with Gasteiger partial charge < -0.3 is 10.1 Å². The number of rotatable bonds is 3. The van der Waals surface area contributed by atoms with Crippen molar-refractivity contribution in [3.63, 3.8) is 0 Å². The second kappa shape index (κ2) is 5.30. The van der Waals surface area contributed by atoms with Crippen LogP contribution in [0.3, 0.4) is 0 Å². The number of hydrogen-bond acceptors (Lipinski definition) is 2. The number of hydrogen-bond donors (Lipinski definition) is 1. The Bertz CT molecular complexity index is 348. The largest absolute Gasteiger partial charge is 0.493 e. The van der Waals surface area contributed by atoms with Crippen molar-refractivity contribution in [3.8, 4) is 5.75 Å². The van der Waals surface area contributed by atoms with E-state index in [0.717, 1.165) is 37.2 Å². The Morgan fingerprint density at radius 1 is 1.38 bits per heavy atom. The summed E-state index contributed by atoms with van der Waals surface area (Å²) >= 11 is 0. The van der Waals surface area contributed by atoms with E-state index in [1.54, 1.807) is 0 Å². The second-order valence-corrected chi connectivity index (χ2v) is 4.14. The molecule has 0 unspecified atom stereocenters. The molecule has 1 heterocycles. The summed E-state index contributed by atoms with van der Waals surface area (Å²) in [5.74, 6) is 0.999. The van der Waals surface area contributed by atoms with Crippen molar-refractivity contribution in [3.05, 3.63) is 29.6 Å². The van der Waals surface area contributed by atoms with E-state index < -0.39 is 0 Å². The van der Waals surface area contributed by atoms with E-state index in [2.05, 4.69) is 5.32 Å². The Hall–Kier alpha value is -1.09. The molecule has 2 rings (SSSR count). The number of benzene rings is 1. The highest BCUT2D eigenvalue weighted by Gasteiger charge is 2.19. The monoisotopic (exact) mass is 223 g/mol. The third-order valence-electron chi connectivity index (χ3n) is 3.05. The first kappa shape index (κ1) is 11.4. The van der Waals surface area contributed by atoms with Gasteiger partial charge in [0.1, 0.15) is 11.6 Å². The smallest absolute Gasteiger partial charge is 0.126 e. The first-order valence-corrected chi connectivity index (χ1v) is 5.94. The van der Waals surface area contributed by atoms with Crippen molar-refractivity contribution in [2.45, 2.75) is 25.7 Å². The zero-order valence-corrected chi connectivity index (χ0v) is 9.63. The summed E-state index contributed by atoms with van der Waals surface area (Å²) in [5.41, 5.74) is 1.16. The summed E-state index contributed by atoms with van der Waals surface area (Å²) in [7, 11) is 0. The highest BCUT2D eigenvalue weighted by Crippen LogP contribution is 2.33. The maximum Gasteiger partial charge on any atom is 0.126 e. The predicted octanol–water partition coefficient (Wildman–Crippen LogP) is 2.69. The first-order chi connectivity index (χ1) is 7.81. The van der Waals surface area contributed by atoms with Crippen LogP contribution in [-0.2, 0) is 0 Å². The van der Waals surface area contributed by atoms with Crippen LogP contribution in [0.2, 0.25) is 0 Å². The lowest BCUT2D eigenvalue weighted by Gasteiger charge is -2.24. The fourth-order valence-electron chi connectivity index (χ4n) is 2.26. The third kappa shape index (κ3) is 2.53. The zero-order valence-electron chi connectivity index (χ0n) is 9.63.